The summed E-state index contributed by atoms with van der Waals surface area (Å²) in [5.41, 5.74) is 1.37. The van der Waals surface area contributed by atoms with Crippen LogP contribution in [0, 0.1) is 0 Å². The summed E-state index contributed by atoms with van der Waals surface area (Å²) >= 11 is 0. The molecule has 1 aromatic rings. The lowest BCUT2D eigenvalue weighted by molar-refractivity contribution is -0.167. The van der Waals surface area contributed by atoms with Gasteiger partial charge in [0.2, 0.25) is 0 Å². The summed E-state index contributed by atoms with van der Waals surface area (Å²) in [4.78, 5) is 0. The summed E-state index contributed by atoms with van der Waals surface area (Å²) in [7, 11) is 0. The number of benzene rings is 1. The number of hydrogen-bond donors (Lipinski definition) is 0. The monoisotopic (exact) mass is 262 g/mol. The maximum absolute atomic E-state index is 5.92. The predicted molar refractivity (Wildman–Crippen MR) is 78.2 cm³/mol. The first kappa shape index (κ1) is 14.5. The van der Waals surface area contributed by atoms with Gasteiger partial charge in [-0.05, 0) is 18.4 Å². The number of aryl methyl sites for hydroxylation is 1. The van der Waals surface area contributed by atoms with Crippen LogP contribution in [0.15, 0.2) is 30.3 Å². The van der Waals surface area contributed by atoms with Crippen LogP contribution in [0.3, 0.4) is 0 Å². The van der Waals surface area contributed by atoms with Crippen molar-refractivity contribution in [1.29, 1.82) is 0 Å². The molecule has 0 atom stereocenters. The Morgan fingerprint density at radius 2 is 1.68 bits per heavy atom. The largest absolute Gasteiger partial charge is 0.348 e. The van der Waals surface area contributed by atoms with Crippen molar-refractivity contribution in [2.24, 2.45) is 0 Å². The van der Waals surface area contributed by atoms with Gasteiger partial charge in [-0.15, -0.1) is 0 Å². The fourth-order valence-electron chi connectivity index (χ4n) is 2.71. The molecule has 0 N–H and O–H groups in total. The Labute approximate surface area is 117 Å². The van der Waals surface area contributed by atoms with Gasteiger partial charge in [0.05, 0.1) is 13.2 Å². The summed E-state index contributed by atoms with van der Waals surface area (Å²) in [6.45, 7) is 3.75. The molecule has 0 aromatic heterocycles. The molecule has 106 valence electrons. The lowest BCUT2D eigenvalue weighted by Gasteiger charge is -2.27. The Hall–Kier alpha value is -0.860. The minimum Gasteiger partial charge on any atom is -0.348 e. The molecule has 2 nitrogen and oxygen atoms in total. The molecule has 1 aliphatic rings. The quantitative estimate of drug-likeness (QED) is 0.649. The zero-order valence-electron chi connectivity index (χ0n) is 12.1. The van der Waals surface area contributed by atoms with E-state index in [-0.39, 0.29) is 5.79 Å². The van der Waals surface area contributed by atoms with Crippen LogP contribution >= 0.6 is 0 Å². The molecule has 0 amide bonds. The third-order valence-electron chi connectivity index (χ3n) is 3.86. The molecule has 0 radical (unpaired) electrons. The van der Waals surface area contributed by atoms with E-state index in [1.165, 1.54) is 31.2 Å². The number of unbranched alkanes of at least 4 members (excludes halogenated alkanes) is 3. The smallest absolute Gasteiger partial charge is 0.168 e. The van der Waals surface area contributed by atoms with Crippen LogP contribution in [0.2, 0.25) is 0 Å². The van der Waals surface area contributed by atoms with Gasteiger partial charge in [-0.1, -0.05) is 56.5 Å². The molecule has 2 heteroatoms. The van der Waals surface area contributed by atoms with E-state index in [0.29, 0.717) is 0 Å². The molecule has 1 saturated heterocycles. The van der Waals surface area contributed by atoms with Gasteiger partial charge in [0.1, 0.15) is 0 Å². The van der Waals surface area contributed by atoms with E-state index in [2.05, 4.69) is 37.3 Å². The van der Waals surface area contributed by atoms with Crippen LogP contribution in [0.5, 0.6) is 0 Å². The highest BCUT2D eigenvalue weighted by Crippen LogP contribution is 2.31. The van der Waals surface area contributed by atoms with Crippen LogP contribution in [-0.4, -0.2) is 19.0 Å². The molecule has 0 spiro atoms. The first-order valence-corrected chi connectivity index (χ1v) is 7.66. The van der Waals surface area contributed by atoms with Crippen molar-refractivity contribution in [2.75, 3.05) is 13.2 Å². The van der Waals surface area contributed by atoms with Crippen molar-refractivity contribution in [1.82, 2.24) is 0 Å². The normalized spacial score (nSPS) is 17.7. The molecule has 0 saturated carbocycles. The maximum atomic E-state index is 5.92. The fourth-order valence-corrected chi connectivity index (χ4v) is 2.71. The molecule has 1 fully saturated rings. The second kappa shape index (κ2) is 7.66. The molecular formula is C17H26O2. The highest BCUT2D eigenvalue weighted by Gasteiger charge is 2.35. The SMILES string of the molecule is CCCCCCC1(CCc2ccccc2)OCCO1. The summed E-state index contributed by atoms with van der Waals surface area (Å²) in [5, 5.41) is 0. The first-order chi connectivity index (χ1) is 9.35. The van der Waals surface area contributed by atoms with E-state index in [1.54, 1.807) is 0 Å². The molecule has 1 heterocycles. The average molecular weight is 262 g/mol. The molecule has 0 unspecified atom stereocenters. The lowest BCUT2D eigenvalue weighted by atomic mass is 9.99. The Morgan fingerprint density at radius 1 is 0.947 bits per heavy atom. The summed E-state index contributed by atoms with van der Waals surface area (Å²) in [5.74, 6) is -0.302. The Morgan fingerprint density at radius 3 is 2.37 bits per heavy atom. The Balaban J connectivity index is 1.81. The van der Waals surface area contributed by atoms with Crippen LogP contribution in [0.25, 0.3) is 0 Å². The van der Waals surface area contributed by atoms with E-state index in [4.69, 9.17) is 9.47 Å². The van der Waals surface area contributed by atoms with Gasteiger partial charge in [0.25, 0.3) is 0 Å². The predicted octanol–water partition coefficient (Wildman–Crippen LogP) is 4.33. The van der Waals surface area contributed by atoms with Crippen molar-refractivity contribution < 1.29 is 9.47 Å². The van der Waals surface area contributed by atoms with Crippen molar-refractivity contribution in [3.63, 3.8) is 0 Å². The van der Waals surface area contributed by atoms with E-state index < -0.39 is 0 Å². The second-order valence-electron chi connectivity index (χ2n) is 5.40. The van der Waals surface area contributed by atoms with Gasteiger partial charge in [-0.2, -0.15) is 0 Å². The Bertz CT molecular complexity index is 342. The van der Waals surface area contributed by atoms with E-state index in [1.807, 2.05) is 0 Å². The van der Waals surface area contributed by atoms with Gasteiger partial charge in [-0.3, -0.25) is 0 Å². The average Bonchev–Trinajstić information content (AvgIpc) is 2.92. The Kier molecular flexibility index (Phi) is 5.87. The highest BCUT2D eigenvalue weighted by molar-refractivity contribution is 5.14. The molecular weight excluding hydrogens is 236 g/mol. The third-order valence-corrected chi connectivity index (χ3v) is 3.86. The van der Waals surface area contributed by atoms with Gasteiger partial charge in [0, 0.05) is 12.8 Å². The zero-order chi connectivity index (χ0) is 13.4. The highest BCUT2D eigenvalue weighted by atomic mass is 16.7. The zero-order valence-corrected chi connectivity index (χ0v) is 12.1. The lowest BCUT2D eigenvalue weighted by Crippen LogP contribution is -2.30. The van der Waals surface area contributed by atoms with E-state index >= 15 is 0 Å². The van der Waals surface area contributed by atoms with E-state index in [0.717, 1.165) is 32.5 Å². The number of ether oxygens (including phenoxy) is 2. The van der Waals surface area contributed by atoms with Gasteiger partial charge in [0.15, 0.2) is 5.79 Å². The maximum Gasteiger partial charge on any atom is 0.168 e. The van der Waals surface area contributed by atoms with Crippen LogP contribution in [-0.2, 0) is 15.9 Å². The van der Waals surface area contributed by atoms with Crippen molar-refractivity contribution in [3.05, 3.63) is 35.9 Å². The fraction of sp³-hybridized carbons (Fsp3) is 0.647. The van der Waals surface area contributed by atoms with Crippen molar-refractivity contribution in [2.45, 2.75) is 57.7 Å². The third kappa shape index (κ3) is 4.63. The minimum absolute atomic E-state index is 0.302. The van der Waals surface area contributed by atoms with Crippen molar-refractivity contribution in [3.8, 4) is 0 Å². The molecule has 0 bridgehead atoms. The molecule has 0 aliphatic carbocycles. The molecule has 19 heavy (non-hydrogen) atoms. The van der Waals surface area contributed by atoms with Crippen LogP contribution < -0.4 is 0 Å². The second-order valence-corrected chi connectivity index (χ2v) is 5.40. The van der Waals surface area contributed by atoms with Crippen LogP contribution in [0.4, 0.5) is 0 Å². The number of rotatable bonds is 8. The van der Waals surface area contributed by atoms with Gasteiger partial charge >= 0.3 is 0 Å². The molecule has 2 rings (SSSR count). The first-order valence-electron chi connectivity index (χ1n) is 7.66. The van der Waals surface area contributed by atoms with Gasteiger partial charge in [-0.25, -0.2) is 0 Å². The summed E-state index contributed by atoms with van der Waals surface area (Å²) in [6, 6.07) is 10.6. The number of hydrogen-bond acceptors (Lipinski definition) is 2. The summed E-state index contributed by atoms with van der Waals surface area (Å²) in [6.07, 6.45) is 8.14. The van der Waals surface area contributed by atoms with Crippen LogP contribution in [0.1, 0.15) is 51.0 Å². The molecule has 1 aliphatic heterocycles. The topological polar surface area (TPSA) is 18.5 Å². The van der Waals surface area contributed by atoms with Gasteiger partial charge < -0.3 is 9.47 Å². The minimum atomic E-state index is -0.302. The standard InChI is InChI=1S/C17H26O2/c1-2-3-4-8-12-17(18-14-15-19-17)13-11-16-9-6-5-7-10-16/h5-7,9-10H,2-4,8,11-15H2,1H3. The summed E-state index contributed by atoms with van der Waals surface area (Å²) < 4.78 is 11.8. The molecule has 1 aromatic carbocycles. The van der Waals surface area contributed by atoms with Crippen molar-refractivity contribution >= 4 is 0 Å². The van der Waals surface area contributed by atoms with E-state index in [9.17, 15) is 0 Å².